The molecule has 8 bridgehead atoms. The van der Waals surface area contributed by atoms with Gasteiger partial charge in [-0.15, -0.1) is 0 Å². The third-order valence-electron chi connectivity index (χ3n) is 22.7. The molecule has 12 heteroatoms. The van der Waals surface area contributed by atoms with Crippen LogP contribution in [0.15, 0.2) is 243 Å². The third-order valence-corrected chi connectivity index (χ3v) is 22.7. The van der Waals surface area contributed by atoms with Crippen LogP contribution in [-0.4, -0.2) is 125 Å². The van der Waals surface area contributed by atoms with Gasteiger partial charge < -0.3 is 48.5 Å². The molecule has 12 aromatic carbocycles. The third kappa shape index (κ3) is 10.3. The first-order valence-corrected chi connectivity index (χ1v) is 36.8. The first-order valence-electron chi connectivity index (χ1n) is 36.8. The second kappa shape index (κ2) is 25.1. The lowest BCUT2D eigenvalue weighted by Crippen LogP contribution is -2.36. The number of nitrogens with zero attached hydrogens (tertiary/aromatic N) is 6. The minimum Gasteiger partial charge on any atom is -0.378 e. The number of fused-ring (bicyclic) bond motifs is 4. The summed E-state index contributed by atoms with van der Waals surface area (Å²) in [6, 6.07) is 91.8. The Labute approximate surface area is 601 Å². The molecule has 8 heterocycles. The van der Waals surface area contributed by atoms with Gasteiger partial charge >= 0.3 is 0 Å². The summed E-state index contributed by atoms with van der Waals surface area (Å²) in [6.07, 6.45) is 0. The molecule has 506 valence electrons. The van der Waals surface area contributed by atoms with Crippen LogP contribution in [0.1, 0.15) is 0 Å². The van der Waals surface area contributed by atoms with E-state index in [2.05, 4.69) is 272 Å². The number of anilines is 4. The van der Waals surface area contributed by atoms with Crippen LogP contribution >= 0.6 is 0 Å². The van der Waals surface area contributed by atoms with E-state index in [1.165, 1.54) is 0 Å². The number of rotatable bonds is 8. The summed E-state index contributed by atoms with van der Waals surface area (Å²) in [5.74, 6) is 0. The van der Waals surface area contributed by atoms with Crippen LogP contribution in [0.5, 0.6) is 0 Å². The SMILES string of the molecule is c1ccc2cc3c(cc2c1)-c1nc-3c(-c2ccc(N3CCOCC3)cc2)c2[nH]c(c(-c3ccc(N4CCOCC4)cc3)c3nc(c(-c4ccc(N5CCOCC5)cc4)c4[nH]c(c1-c1ccc(N5CCOCC5)cc1)c1cc5ccccc5cc41)-c1cc4ccccc4cc1-3)c1cc3ccccc3cc21. The summed E-state index contributed by atoms with van der Waals surface area (Å²) in [6.45, 7) is 12.1. The highest BCUT2D eigenvalue weighted by atomic mass is 16.5. The average Bonchev–Trinajstić information content (AvgIpc) is 1.55. The predicted molar refractivity (Wildman–Crippen MR) is 429 cm³/mol. The highest BCUT2D eigenvalue weighted by Crippen LogP contribution is 2.54. The van der Waals surface area contributed by atoms with Crippen molar-refractivity contribution in [1.29, 1.82) is 0 Å². The molecule has 14 aromatic rings. The lowest BCUT2D eigenvalue weighted by atomic mass is 9.91. The minimum absolute atomic E-state index is 0.689. The van der Waals surface area contributed by atoms with Gasteiger partial charge in [-0.25, -0.2) is 9.97 Å². The number of aromatic nitrogens is 4. The van der Waals surface area contributed by atoms with E-state index in [0.29, 0.717) is 52.9 Å². The molecule has 0 spiro atoms. The normalized spacial score (nSPS) is 15.6. The quantitative estimate of drug-likeness (QED) is 0.153. The number of morpholine rings is 4. The van der Waals surface area contributed by atoms with E-state index in [9.17, 15) is 0 Å². The Bertz CT molecular complexity index is 5400. The maximum absolute atomic E-state index is 6.42. The Morgan fingerprint density at radius 2 is 0.423 bits per heavy atom. The van der Waals surface area contributed by atoms with Crippen molar-refractivity contribution in [3.05, 3.63) is 243 Å². The van der Waals surface area contributed by atoms with Crippen molar-refractivity contribution in [3.8, 4) is 89.5 Å². The second-order valence-electron chi connectivity index (χ2n) is 28.4. The van der Waals surface area contributed by atoms with Crippen molar-refractivity contribution >= 4 is 109 Å². The van der Waals surface area contributed by atoms with E-state index in [-0.39, 0.29) is 0 Å². The summed E-state index contributed by atoms with van der Waals surface area (Å²) < 4.78 is 23.7. The molecular weight excluding hydrogens is 1280 g/mol. The van der Waals surface area contributed by atoms with E-state index in [0.717, 1.165) is 251 Å². The summed E-state index contributed by atoms with van der Waals surface area (Å²) in [5.41, 5.74) is 24.5. The lowest BCUT2D eigenvalue weighted by Gasteiger charge is -2.29. The fraction of sp³-hybridized carbons (Fsp3) is 0.174. The Morgan fingerprint density at radius 1 is 0.231 bits per heavy atom. The van der Waals surface area contributed by atoms with E-state index < -0.39 is 0 Å². The van der Waals surface area contributed by atoms with Crippen molar-refractivity contribution in [3.63, 3.8) is 0 Å². The molecule has 2 aromatic heterocycles. The topological polar surface area (TPSA) is 107 Å². The monoisotopic (exact) mass is 1350 g/mol. The molecule has 0 amide bonds. The van der Waals surface area contributed by atoms with Crippen molar-refractivity contribution in [2.45, 2.75) is 0 Å². The molecule has 1 aliphatic carbocycles. The number of hydrogen-bond acceptors (Lipinski definition) is 10. The molecule has 4 fully saturated rings. The highest BCUT2D eigenvalue weighted by Gasteiger charge is 2.32. The van der Waals surface area contributed by atoms with Gasteiger partial charge in [0, 0.05) is 141 Å². The first-order chi connectivity index (χ1) is 51.5. The Balaban J connectivity index is 1.01. The van der Waals surface area contributed by atoms with Gasteiger partial charge in [-0.3, -0.25) is 0 Å². The molecular formula is C92H74N8O4. The average molecular weight is 1360 g/mol. The molecule has 7 aliphatic rings. The maximum atomic E-state index is 6.42. The molecule has 6 aliphatic heterocycles. The Hall–Kier alpha value is -11.6. The maximum Gasteiger partial charge on any atom is 0.0816 e. The molecule has 0 atom stereocenters. The highest BCUT2D eigenvalue weighted by molar-refractivity contribution is 6.25. The Morgan fingerprint density at radius 3 is 0.625 bits per heavy atom. The zero-order chi connectivity index (χ0) is 68.3. The van der Waals surface area contributed by atoms with E-state index in [4.69, 9.17) is 28.9 Å². The number of nitrogens with one attached hydrogen (secondary N) is 2. The van der Waals surface area contributed by atoms with Gasteiger partial charge in [0.2, 0.25) is 0 Å². The van der Waals surface area contributed by atoms with E-state index in [1.54, 1.807) is 0 Å². The van der Waals surface area contributed by atoms with Gasteiger partial charge in [0.15, 0.2) is 0 Å². The zero-order valence-corrected chi connectivity index (χ0v) is 57.7. The van der Waals surface area contributed by atoms with Crippen molar-refractivity contribution in [1.82, 2.24) is 19.9 Å². The summed E-state index contributed by atoms with van der Waals surface area (Å²) in [5, 5.41) is 13.5. The fourth-order valence-electron chi connectivity index (χ4n) is 17.3. The van der Waals surface area contributed by atoms with Gasteiger partial charge in [0.05, 0.1) is 97.7 Å². The first kappa shape index (κ1) is 61.1. The molecule has 0 unspecified atom stereocenters. The fourth-order valence-corrected chi connectivity index (χ4v) is 17.3. The van der Waals surface area contributed by atoms with Crippen LogP contribution in [-0.2, 0) is 18.9 Å². The standard InChI is InChI=1S/C92H74N8O4/c1-2-10-62-50-74-73(49-61(62)9-1)85-81(57-17-25-69(26-18-57)97-33-41-101-42-34-97)87-75-51-63-11-3-4-12-64(63)52-76(75)89(94-87)83(59-21-29-71(30-22-59)99-37-45-103-46-38-99)91-79-55-67-15-7-8-16-68(67)56-80(79)92(96-91)84(60-23-31-72(32-24-60)100-39-47-104-48-40-100)90-78-54-66-14-6-5-13-65(66)53-77(78)88(95-90)82(86(74)93-85)58-19-27-70(28-20-58)98-35-43-102-44-36-98/h1-32,49-56,93,96H,33-48H2. The molecule has 0 radical (unpaired) electrons. The minimum atomic E-state index is 0.689. The summed E-state index contributed by atoms with van der Waals surface area (Å²) in [4.78, 5) is 31.5. The smallest absolute Gasteiger partial charge is 0.0816 e. The van der Waals surface area contributed by atoms with Crippen LogP contribution < -0.4 is 19.6 Å². The number of benzene rings is 12. The van der Waals surface area contributed by atoms with Gasteiger partial charge in [-0.05, 0) is 162 Å². The van der Waals surface area contributed by atoms with E-state index >= 15 is 0 Å². The van der Waals surface area contributed by atoms with Crippen LogP contribution in [0.25, 0.3) is 176 Å². The van der Waals surface area contributed by atoms with Gasteiger partial charge in [-0.1, -0.05) is 146 Å². The van der Waals surface area contributed by atoms with Crippen LogP contribution in [0.2, 0.25) is 0 Å². The Kier molecular flexibility index (Phi) is 14.7. The van der Waals surface area contributed by atoms with E-state index in [1.807, 2.05) is 0 Å². The van der Waals surface area contributed by atoms with Crippen LogP contribution in [0, 0.1) is 0 Å². The number of ether oxygens (including phenoxy) is 4. The summed E-state index contributed by atoms with van der Waals surface area (Å²) >= 11 is 0. The lowest BCUT2D eigenvalue weighted by molar-refractivity contribution is 0.122. The summed E-state index contributed by atoms with van der Waals surface area (Å²) in [7, 11) is 0. The number of aromatic amines is 2. The molecule has 4 saturated heterocycles. The predicted octanol–water partition coefficient (Wildman–Crippen LogP) is 19.9. The molecule has 12 nitrogen and oxygen atoms in total. The van der Waals surface area contributed by atoms with Gasteiger partial charge in [0.25, 0.3) is 0 Å². The van der Waals surface area contributed by atoms with Crippen LogP contribution in [0.3, 0.4) is 0 Å². The van der Waals surface area contributed by atoms with Crippen LogP contribution in [0.4, 0.5) is 22.7 Å². The molecule has 21 rings (SSSR count). The van der Waals surface area contributed by atoms with Crippen molar-refractivity contribution in [2.24, 2.45) is 0 Å². The van der Waals surface area contributed by atoms with Gasteiger partial charge in [-0.2, -0.15) is 0 Å². The largest absolute Gasteiger partial charge is 0.378 e. The molecule has 0 saturated carbocycles. The molecule has 2 N–H and O–H groups in total. The van der Waals surface area contributed by atoms with Crippen molar-refractivity contribution in [2.75, 3.05) is 125 Å². The number of hydrogen-bond donors (Lipinski definition) is 2. The van der Waals surface area contributed by atoms with Crippen molar-refractivity contribution < 1.29 is 18.9 Å². The molecule has 104 heavy (non-hydrogen) atoms. The second-order valence-corrected chi connectivity index (χ2v) is 28.4. The van der Waals surface area contributed by atoms with Gasteiger partial charge in [0.1, 0.15) is 0 Å². The number of H-pyrrole nitrogens is 2. The zero-order valence-electron chi connectivity index (χ0n) is 57.7.